The summed E-state index contributed by atoms with van der Waals surface area (Å²) in [5.74, 6) is -0.425. The van der Waals surface area contributed by atoms with Crippen molar-refractivity contribution in [3.63, 3.8) is 0 Å². The molecule has 11 nitrogen and oxygen atoms in total. The number of ether oxygens (including phenoxy) is 6. The van der Waals surface area contributed by atoms with Crippen LogP contribution in [-0.4, -0.2) is 112 Å². The maximum atomic E-state index is 12.7. The average Bonchev–Trinajstić information content (AvgIpc) is 3.48. The molecule has 0 aromatic heterocycles. The predicted molar refractivity (Wildman–Crippen MR) is 135 cm³/mol. The van der Waals surface area contributed by atoms with E-state index >= 15 is 0 Å². The lowest BCUT2D eigenvalue weighted by Crippen LogP contribution is -2.81. The van der Waals surface area contributed by atoms with Gasteiger partial charge in [-0.05, 0) is 32.6 Å². The van der Waals surface area contributed by atoms with Crippen molar-refractivity contribution in [1.29, 1.82) is 0 Å². The van der Waals surface area contributed by atoms with E-state index in [0.717, 1.165) is 12.8 Å². The molecule has 8 fully saturated rings. The van der Waals surface area contributed by atoms with Gasteiger partial charge < -0.3 is 48.8 Å². The van der Waals surface area contributed by atoms with Gasteiger partial charge in [0.25, 0.3) is 0 Å². The van der Waals surface area contributed by atoms with E-state index in [-0.39, 0.29) is 18.9 Å². The Balaban J connectivity index is 1.14. The van der Waals surface area contributed by atoms with Crippen LogP contribution >= 0.6 is 21.6 Å². The van der Waals surface area contributed by atoms with E-state index in [1.54, 1.807) is 7.11 Å². The number of aliphatic hydroxyl groups is 4. The maximum absolute atomic E-state index is 12.7. The van der Waals surface area contributed by atoms with Gasteiger partial charge in [0.15, 0.2) is 24.5 Å². The number of unbranched alkanes of at least 4 members (excludes halogenated alkanes) is 1. The highest BCUT2D eigenvalue weighted by molar-refractivity contribution is 8.77. The molecular formula is C25H38O11S2. The van der Waals surface area contributed by atoms with Crippen LogP contribution in [0.25, 0.3) is 0 Å². The first-order chi connectivity index (χ1) is 18.2. The summed E-state index contributed by atoms with van der Waals surface area (Å²) >= 11 is 0. The van der Waals surface area contributed by atoms with Crippen LogP contribution in [0.1, 0.15) is 51.9 Å². The van der Waals surface area contributed by atoms with Gasteiger partial charge in [-0.2, -0.15) is 0 Å². The number of methoxy groups -OCH3 is 1. The van der Waals surface area contributed by atoms with E-state index in [9.17, 15) is 25.2 Å². The van der Waals surface area contributed by atoms with Crippen molar-refractivity contribution in [3.05, 3.63) is 0 Å². The Labute approximate surface area is 229 Å². The number of hydrogen-bond acceptors (Lipinski definition) is 13. The van der Waals surface area contributed by atoms with Crippen LogP contribution in [0.5, 0.6) is 0 Å². The molecule has 4 N–H and O–H groups in total. The van der Waals surface area contributed by atoms with Crippen LogP contribution in [0, 0.1) is 11.3 Å². The molecule has 6 bridgehead atoms. The molecule has 38 heavy (non-hydrogen) atoms. The van der Waals surface area contributed by atoms with Crippen LogP contribution in [0.3, 0.4) is 0 Å². The molecule has 3 aliphatic carbocycles. The SMILES string of the molecule is CO[C@]12C[C@]3(C)OC(O1)C1(CO)[C@H]2C[C@@]13O[C@@H]1OC(CO)[C@@H](O)[C@H](OC(=O)CCCCC2CCSS2)C1O. The zero-order valence-corrected chi connectivity index (χ0v) is 23.3. The first kappa shape index (κ1) is 28.0. The lowest BCUT2D eigenvalue weighted by molar-refractivity contribution is -0.427. The number of carbonyl (C=O) groups excluding carboxylic acids is 1. The molecule has 5 unspecified atom stereocenters. The topological polar surface area (TPSA) is 153 Å². The van der Waals surface area contributed by atoms with Crippen molar-refractivity contribution in [3.8, 4) is 0 Å². The summed E-state index contributed by atoms with van der Waals surface area (Å²) in [4.78, 5) is 12.7. The Bertz CT molecular complexity index is 922. The van der Waals surface area contributed by atoms with Crippen molar-refractivity contribution in [2.75, 3.05) is 26.1 Å². The summed E-state index contributed by atoms with van der Waals surface area (Å²) < 4.78 is 36.0. The van der Waals surface area contributed by atoms with Crippen molar-refractivity contribution < 1.29 is 53.6 Å². The fraction of sp³-hybridized carbons (Fsp3) is 0.960. The van der Waals surface area contributed by atoms with Gasteiger partial charge in [-0.3, -0.25) is 4.79 Å². The molecule has 13 heteroatoms. The summed E-state index contributed by atoms with van der Waals surface area (Å²) in [6.07, 6.45) is -2.78. The summed E-state index contributed by atoms with van der Waals surface area (Å²) in [5.41, 5.74) is -2.90. The molecule has 5 aliphatic heterocycles. The van der Waals surface area contributed by atoms with Crippen LogP contribution in [0.15, 0.2) is 0 Å². The molecule has 5 saturated heterocycles. The van der Waals surface area contributed by atoms with Crippen molar-refractivity contribution >= 4 is 27.6 Å². The Morgan fingerprint density at radius 2 is 1.97 bits per heavy atom. The van der Waals surface area contributed by atoms with Gasteiger partial charge in [-0.25, -0.2) is 0 Å². The van der Waals surface area contributed by atoms with Gasteiger partial charge in [0, 0.05) is 36.9 Å². The molecule has 12 atom stereocenters. The van der Waals surface area contributed by atoms with Crippen molar-refractivity contribution in [2.24, 2.45) is 11.3 Å². The van der Waals surface area contributed by atoms with Crippen LogP contribution in [0.4, 0.5) is 0 Å². The van der Waals surface area contributed by atoms with Crippen molar-refractivity contribution in [2.45, 2.75) is 111 Å². The van der Waals surface area contributed by atoms with E-state index in [1.807, 2.05) is 28.5 Å². The lowest BCUT2D eigenvalue weighted by Gasteiger charge is -2.68. The van der Waals surface area contributed by atoms with E-state index < -0.39 is 72.0 Å². The lowest BCUT2D eigenvalue weighted by atomic mass is 9.41. The number of hydrogen-bond donors (Lipinski definition) is 4. The molecule has 216 valence electrons. The van der Waals surface area contributed by atoms with Gasteiger partial charge in [0.2, 0.25) is 0 Å². The van der Waals surface area contributed by atoms with Crippen LogP contribution in [0.2, 0.25) is 0 Å². The molecule has 5 heterocycles. The first-order valence-electron chi connectivity index (χ1n) is 13.5. The molecule has 0 spiro atoms. The fourth-order valence-electron chi connectivity index (χ4n) is 7.83. The third kappa shape index (κ3) is 3.73. The van der Waals surface area contributed by atoms with Gasteiger partial charge in [0.05, 0.1) is 18.6 Å². The minimum absolute atomic E-state index is 0.167. The molecule has 8 aliphatic rings. The van der Waals surface area contributed by atoms with Gasteiger partial charge >= 0.3 is 5.97 Å². The highest BCUT2D eigenvalue weighted by Crippen LogP contribution is 2.82. The second kappa shape index (κ2) is 9.97. The minimum Gasteiger partial charge on any atom is -0.456 e. The highest BCUT2D eigenvalue weighted by Gasteiger charge is 2.94. The van der Waals surface area contributed by atoms with Gasteiger partial charge in [0.1, 0.15) is 29.5 Å². The normalized spacial score (nSPS) is 52.4. The molecule has 0 aromatic rings. The fourth-order valence-corrected chi connectivity index (χ4v) is 10.9. The van der Waals surface area contributed by atoms with Gasteiger partial charge in [-0.1, -0.05) is 28.0 Å². The van der Waals surface area contributed by atoms with E-state index in [4.69, 9.17) is 28.4 Å². The Morgan fingerprint density at radius 3 is 2.66 bits per heavy atom. The summed E-state index contributed by atoms with van der Waals surface area (Å²) in [7, 11) is 5.37. The van der Waals surface area contributed by atoms with E-state index in [0.29, 0.717) is 24.5 Å². The number of esters is 1. The number of carbonyl (C=O) groups is 1. The molecule has 0 radical (unpaired) electrons. The summed E-state index contributed by atoms with van der Waals surface area (Å²) in [5, 5.41) is 43.1. The minimum atomic E-state index is -1.52. The molecule has 3 saturated carbocycles. The molecular weight excluding hydrogens is 540 g/mol. The summed E-state index contributed by atoms with van der Waals surface area (Å²) in [6, 6.07) is 0. The largest absolute Gasteiger partial charge is 0.456 e. The highest BCUT2D eigenvalue weighted by atomic mass is 33.1. The number of aliphatic hydroxyl groups excluding tert-OH is 4. The second-order valence-corrected chi connectivity index (χ2v) is 14.4. The maximum Gasteiger partial charge on any atom is 0.306 e. The van der Waals surface area contributed by atoms with Crippen LogP contribution in [-0.2, 0) is 33.2 Å². The smallest absolute Gasteiger partial charge is 0.306 e. The molecule has 8 rings (SSSR count). The Morgan fingerprint density at radius 1 is 1.16 bits per heavy atom. The average molecular weight is 579 g/mol. The first-order valence-corrected chi connectivity index (χ1v) is 15.9. The Hall–Kier alpha value is -0.190. The standard InChI is InChI=1S/C25H38O11S2/c1-22-11-24(31-2)15-9-25(22,23(15,12-27)21(35-22)36-24)34-20-18(30)19(17(29)14(10-26)32-20)33-16(28)6-4-3-5-13-7-8-37-38-13/h13-15,17-21,26-27,29-30H,3-12H2,1-2H3/t13?,14?,15-,17-,18?,19+,20+,21?,22+,23?,24-,25+/m1/s1. The van der Waals surface area contributed by atoms with Crippen LogP contribution < -0.4 is 0 Å². The monoisotopic (exact) mass is 578 g/mol. The zero-order valence-electron chi connectivity index (χ0n) is 21.7. The third-order valence-electron chi connectivity index (χ3n) is 9.83. The summed E-state index contributed by atoms with van der Waals surface area (Å²) in [6.45, 7) is 1.03. The van der Waals surface area contributed by atoms with Gasteiger partial charge in [-0.15, -0.1) is 0 Å². The third-order valence-corrected chi connectivity index (χ3v) is 12.8. The Kier molecular flexibility index (Phi) is 7.33. The quantitative estimate of drug-likeness (QED) is 0.155. The molecule has 0 amide bonds. The second-order valence-electron chi connectivity index (χ2n) is 11.6. The van der Waals surface area contributed by atoms with E-state index in [1.165, 1.54) is 12.2 Å². The molecule has 0 aromatic carbocycles. The number of rotatable bonds is 11. The zero-order chi connectivity index (χ0) is 26.9. The van der Waals surface area contributed by atoms with E-state index in [2.05, 4.69) is 0 Å². The van der Waals surface area contributed by atoms with Crippen molar-refractivity contribution in [1.82, 2.24) is 0 Å². The predicted octanol–water partition coefficient (Wildman–Crippen LogP) is 0.697.